The van der Waals surface area contributed by atoms with Crippen LogP contribution in [0.4, 0.5) is 0 Å². The summed E-state index contributed by atoms with van der Waals surface area (Å²) in [6.45, 7) is 10.7. The van der Waals surface area contributed by atoms with Crippen molar-refractivity contribution in [1.82, 2.24) is 0 Å². The van der Waals surface area contributed by atoms with E-state index in [9.17, 15) is 9.46 Å². The van der Waals surface area contributed by atoms with Crippen molar-refractivity contribution in [3.8, 4) is 5.75 Å². The Morgan fingerprint density at radius 3 is 2.38 bits per heavy atom. The number of hydrogen-bond donors (Lipinski definition) is 1. The molecule has 0 spiro atoms. The molecule has 1 unspecified atom stereocenters. The zero-order valence-corrected chi connectivity index (χ0v) is 13.7. The van der Waals surface area contributed by atoms with Gasteiger partial charge in [-0.3, -0.25) is 4.89 Å². The number of hydrogen-bond acceptors (Lipinski definition) is 3. The van der Waals surface area contributed by atoms with Gasteiger partial charge in [0.2, 0.25) is 0 Å². The lowest BCUT2D eigenvalue weighted by molar-refractivity contribution is 0.251. The van der Waals surface area contributed by atoms with Gasteiger partial charge in [-0.1, -0.05) is 36.9 Å². The Labute approximate surface area is 126 Å². The summed E-state index contributed by atoms with van der Waals surface area (Å²) in [5.41, 5.74) is 2.23. The van der Waals surface area contributed by atoms with Gasteiger partial charge in [0.15, 0.2) is 0 Å². The van der Waals surface area contributed by atoms with E-state index in [4.69, 9.17) is 9.05 Å². The fourth-order valence-corrected chi connectivity index (χ4v) is 2.87. The minimum absolute atomic E-state index is 0.284. The first kappa shape index (κ1) is 17.3. The molecular weight excluding hydrogens is 287 g/mol. The fraction of sp³-hybridized carbons (Fsp3) is 0.250. The molecule has 0 aliphatic rings. The Morgan fingerprint density at radius 1 is 1.33 bits per heavy atom. The third kappa shape index (κ3) is 4.92. The molecule has 0 bridgehead atoms. The van der Waals surface area contributed by atoms with Gasteiger partial charge in [-0.25, -0.2) is 4.57 Å². The van der Waals surface area contributed by atoms with Crippen LogP contribution in [-0.4, -0.2) is 4.89 Å². The van der Waals surface area contributed by atoms with E-state index in [2.05, 4.69) is 6.58 Å². The van der Waals surface area contributed by atoms with Crippen LogP contribution in [-0.2, 0) is 9.09 Å². The molecule has 114 valence electrons. The number of aryl methyl sites for hydroxylation is 2. The van der Waals surface area contributed by atoms with E-state index >= 15 is 0 Å². The van der Waals surface area contributed by atoms with Gasteiger partial charge in [-0.15, -0.1) is 0 Å². The number of para-hydroxylation sites is 1. The molecule has 0 fully saturated rings. The van der Waals surface area contributed by atoms with Crippen molar-refractivity contribution in [3.05, 3.63) is 65.5 Å². The monoisotopic (exact) mass is 308 g/mol. The zero-order valence-electron chi connectivity index (χ0n) is 12.8. The molecule has 1 atom stereocenters. The number of phosphoric acid groups is 1. The lowest BCUT2D eigenvalue weighted by atomic mass is 10.1. The highest BCUT2D eigenvalue weighted by Crippen LogP contribution is 2.48. The van der Waals surface area contributed by atoms with Crippen LogP contribution in [0, 0.1) is 13.8 Å². The Morgan fingerprint density at radius 2 is 1.90 bits per heavy atom. The SMILES string of the molecule is C=C/C=C(C)\C(=C\C)OP(=O)(O)Oc1c(C)cccc1C. The highest BCUT2D eigenvalue weighted by Gasteiger charge is 2.27. The first-order valence-electron chi connectivity index (χ1n) is 6.55. The minimum Gasteiger partial charge on any atom is -0.395 e. The van der Waals surface area contributed by atoms with Crippen molar-refractivity contribution >= 4 is 7.82 Å². The molecule has 5 heteroatoms. The molecule has 0 aromatic heterocycles. The van der Waals surface area contributed by atoms with Gasteiger partial charge in [0, 0.05) is 0 Å². The van der Waals surface area contributed by atoms with Crippen LogP contribution in [0.3, 0.4) is 0 Å². The van der Waals surface area contributed by atoms with E-state index in [0.29, 0.717) is 11.3 Å². The number of allylic oxidation sites excluding steroid dienone is 4. The normalized spacial score (nSPS) is 15.3. The Bertz CT molecular complexity index is 609. The molecule has 4 nitrogen and oxygen atoms in total. The molecule has 0 aliphatic carbocycles. The van der Waals surface area contributed by atoms with Crippen LogP contribution in [0.15, 0.2) is 54.3 Å². The molecule has 21 heavy (non-hydrogen) atoms. The van der Waals surface area contributed by atoms with Crippen molar-refractivity contribution in [2.45, 2.75) is 27.7 Å². The van der Waals surface area contributed by atoms with Crippen molar-refractivity contribution in [1.29, 1.82) is 0 Å². The summed E-state index contributed by atoms with van der Waals surface area (Å²) in [6.07, 6.45) is 4.87. The second-order valence-corrected chi connectivity index (χ2v) is 5.91. The van der Waals surface area contributed by atoms with E-state index in [1.165, 1.54) is 0 Å². The number of benzene rings is 1. The van der Waals surface area contributed by atoms with E-state index in [1.807, 2.05) is 32.0 Å². The Balaban J connectivity index is 2.99. The fourth-order valence-electron chi connectivity index (χ4n) is 1.81. The average Bonchev–Trinajstić information content (AvgIpc) is 2.41. The molecule has 1 aromatic rings. The van der Waals surface area contributed by atoms with Gasteiger partial charge in [0.05, 0.1) is 0 Å². The van der Waals surface area contributed by atoms with Crippen molar-refractivity contribution in [2.75, 3.05) is 0 Å². The second kappa shape index (κ2) is 7.30. The maximum Gasteiger partial charge on any atom is 0.584 e. The number of rotatable bonds is 6. The summed E-state index contributed by atoms with van der Waals surface area (Å²) in [7, 11) is -4.26. The summed E-state index contributed by atoms with van der Waals surface area (Å²) < 4.78 is 22.6. The van der Waals surface area contributed by atoms with Crippen LogP contribution in [0.2, 0.25) is 0 Å². The van der Waals surface area contributed by atoms with Gasteiger partial charge in [0.1, 0.15) is 11.5 Å². The summed E-state index contributed by atoms with van der Waals surface area (Å²) in [5.74, 6) is 0.649. The van der Waals surface area contributed by atoms with Gasteiger partial charge in [-0.2, -0.15) is 0 Å². The smallest absolute Gasteiger partial charge is 0.395 e. The highest BCUT2D eigenvalue weighted by atomic mass is 31.2. The van der Waals surface area contributed by atoms with Crippen LogP contribution in [0.1, 0.15) is 25.0 Å². The largest absolute Gasteiger partial charge is 0.584 e. The van der Waals surface area contributed by atoms with E-state index < -0.39 is 7.82 Å². The lowest BCUT2D eigenvalue weighted by Gasteiger charge is -2.18. The van der Waals surface area contributed by atoms with E-state index in [0.717, 1.165) is 11.1 Å². The number of phosphoric ester groups is 1. The lowest BCUT2D eigenvalue weighted by Crippen LogP contribution is -2.01. The first-order chi connectivity index (χ1) is 9.80. The summed E-state index contributed by atoms with van der Waals surface area (Å²) in [5, 5.41) is 0. The average molecular weight is 308 g/mol. The van der Waals surface area contributed by atoms with Crippen LogP contribution >= 0.6 is 7.82 Å². The molecule has 0 heterocycles. The van der Waals surface area contributed by atoms with Gasteiger partial charge < -0.3 is 9.05 Å². The topological polar surface area (TPSA) is 55.8 Å². The Hall–Kier alpha value is -1.77. The summed E-state index contributed by atoms with van der Waals surface area (Å²) >= 11 is 0. The third-order valence-corrected chi connectivity index (χ3v) is 3.69. The molecule has 1 aromatic carbocycles. The minimum atomic E-state index is -4.26. The van der Waals surface area contributed by atoms with Crippen LogP contribution < -0.4 is 4.52 Å². The maximum atomic E-state index is 12.2. The van der Waals surface area contributed by atoms with Gasteiger partial charge >= 0.3 is 7.82 Å². The standard InChI is InChI=1S/C16H21O4P/c1-6-9-12(3)15(7-2)19-21(17,18)20-16-13(4)10-8-11-14(16)5/h6-11H,1H2,2-5H3,(H,17,18)/b12-9-,15-7-. The molecule has 0 radical (unpaired) electrons. The molecule has 0 saturated carbocycles. The van der Waals surface area contributed by atoms with Crippen LogP contribution in [0.5, 0.6) is 5.75 Å². The maximum absolute atomic E-state index is 12.2. The highest BCUT2D eigenvalue weighted by molar-refractivity contribution is 7.48. The van der Waals surface area contributed by atoms with E-state index in [-0.39, 0.29) is 5.76 Å². The molecule has 1 rings (SSSR count). The quantitative estimate of drug-likeness (QED) is 0.464. The third-order valence-electron chi connectivity index (χ3n) is 2.85. The van der Waals surface area contributed by atoms with Crippen molar-refractivity contribution in [2.24, 2.45) is 0 Å². The molecule has 0 saturated heterocycles. The molecule has 1 N–H and O–H groups in total. The predicted molar refractivity (Wildman–Crippen MR) is 85.2 cm³/mol. The molecule has 0 aliphatic heterocycles. The van der Waals surface area contributed by atoms with Gasteiger partial charge in [0.25, 0.3) is 0 Å². The molecular formula is C16H21O4P. The Kier molecular flexibility index (Phi) is 6.01. The summed E-state index contributed by atoms with van der Waals surface area (Å²) in [4.78, 5) is 9.95. The van der Waals surface area contributed by atoms with E-state index in [1.54, 1.807) is 32.1 Å². The van der Waals surface area contributed by atoms with Crippen molar-refractivity contribution in [3.63, 3.8) is 0 Å². The van der Waals surface area contributed by atoms with Crippen molar-refractivity contribution < 1.29 is 18.5 Å². The second-order valence-electron chi connectivity index (χ2n) is 4.61. The van der Waals surface area contributed by atoms with Gasteiger partial charge in [-0.05, 0) is 50.5 Å². The molecule has 0 amide bonds. The zero-order chi connectivity index (χ0) is 16.0. The van der Waals surface area contributed by atoms with Crippen LogP contribution in [0.25, 0.3) is 0 Å². The summed E-state index contributed by atoms with van der Waals surface area (Å²) in [6, 6.07) is 5.47. The first-order valence-corrected chi connectivity index (χ1v) is 8.04. The predicted octanol–water partition coefficient (Wildman–Crippen LogP) is 4.84.